The molecule has 0 aliphatic heterocycles. The number of aldehydes is 1. The van der Waals surface area contributed by atoms with Crippen LogP contribution in [0.1, 0.15) is 79.1 Å². The molecule has 0 spiro atoms. The normalized spacial score (nSPS) is 30.9. The summed E-state index contributed by atoms with van der Waals surface area (Å²) in [5.41, 5.74) is 2.34. The summed E-state index contributed by atoms with van der Waals surface area (Å²) in [5, 5.41) is 0. The molecule has 0 aromatic carbocycles. The van der Waals surface area contributed by atoms with Crippen LogP contribution in [0.2, 0.25) is 0 Å². The molecule has 0 heterocycles. The minimum Gasteiger partial charge on any atom is -0.356 e. The number of carbonyl (C=O) groups excluding carboxylic acids is 2. The predicted octanol–water partition coefficient (Wildman–Crippen LogP) is 6.46. The minimum absolute atomic E-state index is 0.0739. The molecule has 1 aliphatic rings. The Morgan fingerprint density at radius 1 is 1.19 bits per heavy atom. The Balaban J connectivity index is 2.99. The van der Waals surface area contributed by atoms with Gasteiger partial charge in [-0.3, -0.25) is 4.79 Å². The summed E-state index contributed by atoms with van der Waals surface area (Å²) < 4.78 is 11.3. The molecular weight excluding hydrogens is 388 g/mol. The van der Waals surface area contributed by atoms with Crippen LogP contribution >= 0.6 is 0 Å². The number of methoxy groups -OCH3 is 1. The highest BCUT2D eigenvalue weighted by atomic mass is 16.7. The molecule has 5 atom stereocenters. The molecule has 0 saturated heterocycles. The first-order valence-corrected chi connectivity index (χ1v) is 11.9. The van der Waals surface area contributed by atoms with E-state index in [0.29, 0.717) is 18.9 Å². The van der Waals surface area contributed by atoms with Gasteiger partial charge in [-0.1, -0.05) is 50.6 Å². The lowest BCUT2D eigenvalue weighted by Gasteiger charge is -2.23. The van der Waals surface area contributed by atoms with Crippen LogP contribution in [0.5, 0.6) is 0 Å². The molecule has 4 nitrogen and oxygen atoms in total. The molecule has 2 unspecified atom stereocenters. The highest BCUT2D eigenvalue weighted by molar-refractivity contribution is 5.91. The van der Waals surface area contributed by atoms with Crippen molar-refractivity contribution in [1.29, 1.82) is 0 Å². The number of ketones is 1. The van der Waals surface area contributed by atoms with Crippen LogP contribution in [0.15, 0.2) is 36.0 Å². The first-order chi connectivity index (χ1) is 14.8. The van der Waals surface area contributed by atoms with Crippen LogP contribution in [0.4, 0.5) is 0 Å². The Hall–Kier alpha value is -1.52. The van der Waals surface area contributed by atoms with E-state index in [1.54, 1.807) is 13.2 Å². The molecule has 0 fully saturated rings. The van der Waals surface area contributed by atoms with Gasteiger partial charge in [0.2, 0.25) is 0 Å². The molecule has 4 heteroatoms. The lowest BCUT2D eigenvalue weighted by atomic mass is 9.82. The van der Waals surface area contributed by atoms with Crippen molar-refractivity contribution in [3.05, 3.63) is 36.0 Å². The van der Waals surface area contributed by atoms with Crippen LogP contribution < -0.4 is 0 Å². The molecule has 0 radical (unpaired) electrons. The highest BCUT2D eigenvalue weighted by Crippen LogP contribution is 2.28. The van der Waals surface area contributed by atoms with Crippen molar-refractivity contribution in [3.8, 4) is 0 Å². The van der Waals surface area contributed by atoms with Crippen LogP contribution in [0, 0.1) is 23.7 Å². The molecule has 1 aliphatic carbocycles. The summed E-state index contributed by atoms with van der Waals surface area (Å²) in [5.74, 6) is 1.10. The van der Waals surface area contributed by atoms with Gasteiger partial charge >= 0.3 is 0 Å². The average molecular weight is 433 g/mol. The van der Waals surface area contributed by atoms with Gasteiger partial charge < -0.3 is 14.3 Å². The Kier molecular flexibility index (Phi) is 13.6. The van der Waals surface area contributed by atoms with Gasteiger partial charge in [0.05, 0.1) is 6.61 Å². The molecular formula is C27H44O4. The fourth-order valence-electron chi connectivity index (χ4n) is 4.30. The summed E-state index contributed by atoms with van der Waals surface area (Å²) in [4.78, 5) is 23.8. The quantitative estimate of drug-likeness (QED) is 0.263. The molecule has 176 valence electrons. The van der Waals surface area contributed by atoms with Gasteiger partial charge in [-0.2, -0.15) is 0 Å². The standard InChI is InChI=1S/C27H44O4/c1-7-27(30-6)31-19-25-12-10-20(2)8-9-21(3)16-24(14-15-28)18-23(5)26(29)13-11-22(4)17-25/h11,13,15,17,21,23-25,27H,2,7-10,12,14,16,18-19H2,1,3-6H3/b13-11+,22-17+/t21-,23+,24+,25?,27?/m0/s1. The number of rotatable bonds is 7. The second-order valence-electron chi connectivity index (χ2n) is 9.39. The zero-order valence-electron chi connectivity index (χ0n) is 20.4. The van der Waals surface area contributed by atoms with Crippen molar-refractivity contribution < 1.29 is 19.1 Å². The van der Waals surface area contributed by atoms with E-state index in [0.717, 1.165) is 56.8 Å². The first kappa shape index (κ1) is 27.5. The van der Waals surface area contributed by atoms with E-state index < -0.39 is 0 Å². The van der Waals surface area contributed by atoms with Gasteiger partial charge in [0.15, 0.2) is 12.1 Å². The van der Waals surface area contributed by atoms with Crippen LogP contribution in [0.25, 0.3) is 0 Å². The molecule has 0 N–H and O–H groups in total. The van der Waals surface area contributed by atoms with Gasteiger partial charge in [0.1, 0.15) is 6.29 Å². The van der Waals surface area contributed by atoms with Gasteiger partial charge in [-0.15, -0.1) is 0 Å². The Labute approximate surface area is 190 Å². The number of carbonyl (C=O) groups is 2. The monoisotopic (exact) mass is 432 g/mol. The van der Waals surface area contributed by atoms with Crippen LogP contribution in [-0.2, 0) is 19.1 Å². The van der Waals surface area contributed by atoms with E-state index in [2.05, 4.69) is 19.6 Å². The SMILES string of the molecule is C=C1CCC(COC(CC)OC)/C=C(C)/C=C/C(=O)[C@H](C)C[C@H](CC=O)C[C@@H](C)CC1. The van der Waals surface area contributed by atoms with Crippen molar-refractivity contribution in [2.45, 2.75) is 85.4 Å². The predicted molar refractivity (Wildman–Crippen MR) is 128 cm³/mol. The molecule has 0 saturated carbocycles. The topological polar surface area (TPSA) is 52.6 Å². The van der Waals surface area contributed by atoms with Gasteiger partial charge in [0, 0.05) is 25.4 Å². The maximum Gasteiger partial charge on any atom is 0.158 e. The van der Waals surface area contributed by atoms with Gasteiger partial charge in [-0.05, 0) is 69.8 Å². The largest absolute Gasteiger partial charge is 0.356 e. The fraction of sp³-hybridized carbons (Fsp3) is 0.704. The summed E-state index contributed by atoms with van der Waals surface area (Å²) in [6.45, 7) is 13.2. The zero-order valence-corrected chi connectivity index (χ0v) is 20.4. The molecule has 1 rings (SSSR count). The third-order valence-electron chi connectivity index (χ3n) is 6.30. The number of hydrogen-bond acceptors (Lipinski definition) is 4. The van der Waals surface area contributed by atoms with Gasteiger partial charge in [-0.25, -0.2) is 0 Å². The second kappa shape index (κ2) is 15.3. The fourth-order valence-corrected chi connectivity index (χ4v) is 4.30. The lowest BCUT2D eigenvalue weighted by Crippen LogP contribution is -2.19. The smallest absolute Gasteiger partial charge is 0.158 e. The maximum absolute atomic E-state index is 12.6. The maximum atomic E-state index is 12.6. The Morgan fingerprint density at radius 2 is 1.90 bits per heavy atom. The Morgan fingerprint density at radius 3 is 2.55 bits per heavy atom. The Bertz CT molecular complexity index is 615. The van der Waals surface area contributed by atoms with Gasteiger partial charge in [0.25, 0.3) is 0 Å². The summed E-state index contributed by atoms with van der Waals surface area (Å²) in [7, 11) is 1.67. The molecule has 0 amide bonds. The van der Waals surface area contributed by atoms with E-state index in [1.165, 1.54) is 5.57 Å². The lowest BCUT2D eigenvalue weighted by molar-refractivity contribution is -0.130. The second-order valence-corrected chi connectivity index (χ2v) is 9.39. The summed E-state index contributed by atoms with van der Waals surface area (Å²) >= 11 is 0. The molecule has 0 aromatic rings. The number of allylic oxidation sites excluding steroid dienone is 4. The van der Waals surface area contributed by atoms with E-state index in [-0.39, 0.29) is 29.8 Å². The van der Waals surface area contributed by atoms with Crippen molar-refractivity contribution in [2.24, 2.45) is 23.7 Å². The minimum atomic E-state index is -0.185. The third kappa shape index (κ3) is 11.6. The van der Waals surface area contributed by atoms with E-state index in [4.69, 9.17) is 9.47 Å². The van der Waals surface area contributed by atoms with Crippen molar-refractivity contribution in [2.75, 3.05) is 13.7 Å². The van der Waals surface area contributed by atoms with Crippen molar-refractivity contribution in [1.82, 2.24) is 0 Å². The average Bonchev–Trinajstić information content (AvgIpc) is 2.74. The van der Waals surface area contributed by atoms with E-state index in [1.807, 2.05) is 26.8 Å². The first-order valence-electron chi connectivity index (χ1n) is 11.9. The molecule has 0 aromatic heterocycles. The summed E-state index contributed by atoms with van der Waals surface area (Å²) in [6, 6.07) is 0. The highest BCUT2D eigenvalue weighted by Gasteiger charge is 2.20. The van der Waals surface area contributed by atoms with Crippen LogP contribution in [-0.4, -0.2) is 32.1 Å². The molecule has 31 heavy (non-hydrogen) atoms. The van der Waals surface area contributed by atoms with E-state index in [9.17, 15) is 9.59 Å². The number of hydrogen-bond donors (Lipinski definition) is 0. The van der Waals surface area contributed by atoms with Crippen molar-refractivity contribution in [3.63, 3.8) is 0 Å². The molecule has 0 bridgehead atoms. The van der Waals surface area contributed by atoms with Crippen LogP contribution in [0.3, 0.4) is 0 Å². The van der Waals surface area contributed by atoms with Crippen molar-refractivity contribution >= 4 is 12.1 Å². The third-order valence-corrected chi connectivity index (χ3v) is 6.30. The summed E-state index contributed by atoms with van der Waals surface area (Å²) in [6.07, 6.45) is 13.8. The zero-order chi connectivity index (χ0) is 23.2. The number of ether oxygens (including phenoxy) is 2. The van der Waals surface area contributed by atoms with E-state index >= 15 is 0 Å².